The van der Waals surface area contributed by atoms with Gasteiger partial charge >= 0.3 is 6.03 Å². The number of fused-ring (bicyclic) bond motifs is 4. The van der Waals surface area contributed by atoms with E-state index in [1.54, 1.807) is 42.2 Å². The van der Waals surface area contributed by atoms with Crippen LogP contribution in [0.5, 0.6) is 11.5 Å². The molecule has 2 atom stereocenters. The van der Waals surface area contributed by atoms with Gasteiger partial charge < -0.3 is 19.7 Å². The molecule has 200 valence electrons. The van der Waals surface area contributed by atoms with Gasteiger partial charge in [-0.3, -0.25) is 19.5 Å². The van der Waals surface area contributed by atoms with Gasteiger partial charge in [-0.25, -0.2) is 9.18 Å². The summed E-state index contributed by atoms with van der Waals surface area (Å²) in [5, 5.41) is 10.7. The van der Waals surface area contributed by atoms with E-state index in [0.717, 1.165) is 26.2 Å². The molecule has 9 nitrogen and oxygen atoms in total. The third-order valence-electron chi connectivity index (χ3n) is 8.37. The van der Waals surface area contributed by atoms with Crippen LogP contribution in [-0.2, 0) is 11.2 Å². The fraction of sp³-hybridized carbons (Fsp3) is 0.429. The zero-order chi connectivity index (χ0) is 26.8. The van der Waals surface area contributed by atoms with Crippen LogP contribution in [0.1, 0.15) is 29.8 Å². The molecule has 2 fully saturated rings. The van der Waals surface area contributed by atoms with Gasteiger partial charge in [-0.2, -0.15) is 0 Å². The Balaban J connectivity index is 1.44. The summed E-state index contributed by atoms with van der Waals surface area (Å²) in [6.45, 7) is 6.32. The van der Waals surface area contributed by atoms with Crippen LogP contribution in [0.4, 0.5) is 9.18 Å². The molecule has 3 aliphatic rings. The fourth-order valence-electron chi connectivity index (χ4n) is 6.26. The van der Waals surface area contributed by atoms with Gasteiger partial charge in [0.05, 0.1) is 7.11 Å². The quantitative estimate of drug-likeness (QED) is 0.502. The Morgan fingerprint density at radius 1 is 1.13 bits per heavy atom. The number of urea groups is 1. The number of nitrogens with one attached hydrogen (secondary N) is 1. The van der Waals surface area contributed by atoms with Crippen molar-refractivity contribution in [1.82, 2.24) is 24.6 Å². The minimum Gasteiger partial charge on any atom is -0.508 e. The molecule has 0 aliphatic carbocycles. The van der Waals surface area contributed by atoms with Crippen molar-refractivity contribution in [2.75, 3.05) is 53.4 Å². The number of piperazine rings is 1. The molecule has 3 amide bonds. The molecule has 10 heteroatoms. The molecule has 2 unspecified atom stereocenters. The normalized spacial score (nSPS) is 24.3. The summed E-state index contributed by atoms with van der Waals surface area (Å²) in [5.74, 6) is -0.628. The van der Waals surface area contributed by atoms with Gasteiger partial charge in [0.1, 0.15) is 17.3 Å². The number of carbonyl (C=O) groups is 2. The highest BCUT2D eigenvalue weighted by Gasteiger charge is 2.60. The Hall–Kier alpha value is -3.63. The smallest absolute Gasteiger partial charge is 0.328 e. The topological polar surface area (TPSA) is 92.4 Å². The number of methoxy groups -OCH3 is 1. The van der Waals surface area contributed by atoms with E-state index < -0.39 is 17.4 Å². The molecule has 0 bridgehead atoms. The number of hydrogen-bond acceptors (Lipinski definition) is 6. The number of hydrogen-bond donors (Lipinski definition) is 2. The molecule has 3 aromatic rings. The number of nitrogens with zero attached hydrogens (tertiary/aromatic N) is 4. The zero-order valence-electron chi connectivity index (χ0n) is 21.8. The molecule has 0 spiro atoms. The molecule has 0 saturated carbocycles. The highest BCUT2D eigenvalue weighted by Crippen LogP contribution is 2.49. The maximum absolute atomic E-state index is 15.6. The fourth-order valence-corrected chi connectivity index (χ4v) is 6.26. The monoisotopic (exact) mass is 521 g/mol. The first-order chi connectivity index (χ1) is 18.2. The number of aromatic nitrogens is 1. The summed E-state index contributed by atoms with van der Waals surface area (Å²) < 4.78 is 20.8. The van der Waals surface area contributed by atoms with Crippen molar-refractivity contribution in [2.45, 2.75) is 24.9 Å². The number of amides is 3. The number of aromatic hydroxyl groups is 1. The Morgan fingerprint density at radius 3 is 2.61 bits per heavy atom. The molecule has 2 aromatic carbocycles. The number of imide groups is 1. The summed E-state index contributed by atoms with van der Waals surface area (Å²) >= 11 is 0. The van der Waals surface area contributed by atoms with E-state index in [2.05, 4.69) is 21.8 Å². The predicted octanol–water partition coefficient (Wildman–Crippen LogP) is 2.94. The van der Waals surface area contributed by atoms with E-state index in [-0.39, 0.29) is 36.4 Å². The molecule has 3 aliphatic heterocycles. The average Bonchev–Trinajstić information content (AvgIpc) is 3.35. The van der Waals surface area contributed by atoms with E-state index in [1.165, 1.54) is 12.0 Å². The van der Waals surface area contributed by atoms with Crippen molar-refractivity contribution in [3.8, 4) is 11.5 Å². The highest BCUT2D eigenvalue weighted by molar-refractivity contribution is 6.08. The van der Waals surface area contributed by atoms with Gasteiger partial charge in [0.15, 0.2) is 11.6 Å². The summed E-state index contributed by atoms with van der Waals surface area (Å²) in [7, 11) is 3.50. The SMILES string of the molecule is COc1ccc2[nH]c3c(c2c1F)CC1(C)C(=O)N(CCN2CCN(C)CC2)C(=O)N1C3c1cccc(O)c1. The van der Waals surface area contributed by atoms with Crippen LogP contribution >= 0.6 is 0 Å². The minimum atomic E-state index is -1.22. The molecular weight excluding hydrogens is 489 g/mol. The van der Waals surface area contributed by atoms with Crippen LogP contribution in [-0.4, -0.2) is 101 Å². The van der Waals surface area contributed by atoms with Crippen molar-refractivity contribution >= 4 is 22.8 Å². The van der Waals surface area contributed by atoms with Crippen molar-refractivity contribution in [3.05, 3.63) is 59.0 Å². The second kappa shape index (κ2) is 8.99. The summed E-state index contributed by atoms with van der Waals surface area (Å²) in [6, 6.07) is 8.88. The van der Waals surface area contributed by atoms with Gasteiger partial charge in [-0.1, -0.05) is 12.1 Å². The largest absolute Gasteiger partial charge is 0.508 e. The van der Waals surface area contributed by atoms with Crippen LogP contribution < -0.4 is 4.74 Å². The Kier molecular flexibility index (Phi) is 5.84. The van der Waals surface area contributed by atoms with Gasteiger partial charge in [-0.15, -0.1) is 0 Å². The maximum atomic E-state index is 15.6. The summed E-state index contributed by atoms with van der Waals surface area (Å²) in [4.78, 5) is 38.8. The van der Waals surface area contributed by atoms with Gasteiger partial charge in [0, 0.05) is 62.3 Å². The lowest BCUT2D eigenvalue weighted by Gasteiger charge is -2.42. The number of phenolic OH excluding ortho intramolecular Hbond substituents is 1. The van der Waals surface area contributed by atoms with Crippen molar-refractivity contribution in [1.29, 1.82) is 0 Å². The third kappa shape index (κ3) is 3.65. The first-order valence-corrected chi connectivity index (χ1v) is 12.9. The van der Waals surface area contributed by atoms with Crippen LogP contribution in [0.15, 0.2) is 36.4 Å². The molecular formula is C28H32FN5O4. The number of ether oxygens (including phenoxy) is 1. The van der Waals surface area contributed by atoms with E-state index in [0.29, 0.717) is 34.3 Å². The second-order valence-electron chi connectivity index (χ2n) is 10.7. The van der Waals surface area contributed by atoms with E-state index >= 15 is 4.39 Å². The van der Waals surface area contributed by atoms with Crippen LogP contribution in [0.2, 0.25) is 0 Å². The van der Waals surface area contributed by atoms with Crippen molar-refractivity contribution in [2.24, 2.45) is 0 Å². The maximum Gasteiger partial charge on any atom is 0.328 e. The van der Waals surface area contributed by atoms with Crippen LogP contribution in [0.3, 0.4) is 0 Å². The number of aromatic amines is 1. The molecule has 0 radical (unpaired) electrons. The second-order valence-corrected chi connectivity index (χ2v) is 10.7. The van der Waals surface area contributed by atoms with E-state index in [1.807, 2.05) is 6.07 Å². The van der Waals surface area contributed by atoms with E-state index in [4.69, 9.17) is 4.74 Å². The van der Waals surface area contributed by atoms with Gasteiger partial charge in [0.25, 0.3) is 5.91 Å². The van der Waals surface area contributed by atoms with Crippen molar-refractivity contribution < 1.29 is 23.8 Å². The van der Waals surface area contributed by atoms with Crippen molar-refractivity contribution in [3.63, 3.8) is 0 Å². The average molecular weight is 522 g/mol. The number of likely N-dealkylation sites (N-methyl/N-ethyl adjacent to an activating group) is 1. The number of benzene rings is 2. The van der Waals surface area contributed by atoms with Gasteiger partial charge in [0.2, 0.25) is 0 Å². The summed E-state index contributed by atoms with van der Waals surface area (Å²) in [5.41, 5.74) is 1.27. The summed E-state index contributed by atoms with van der Waals surface area (Å²) in [6.07, 6.45) is 0.164. The standard InChI is InChI=1S/C28H32FN5O4/c1-28-16-19-22-20(7-8-21(38-3)23(22)29)30-24(19)25(17-5-4-6-18(35)15-17)34(28)27(37)33(26(28)36)14-13-32-11-9-31(2)10-12-32/h4-8,15,25,30,35H,9-14,16H2,1-3H3. The van der Waals surface area contributed by atoms with Crippen LogP contribution in [0.25, 0.3) is 10.9 Å². The first kappa shape index (κ1) is 24.7. The molecule has 2 N–H and O–H groups in total. The number of H-pyrrole nitrogens is 1. The van der Waals surface area contributed by atoms with E-state index in [9.17, 15) is 14.7 Å². The Labute approximate surface area is 220 Å². The minimum absolute atomic E-state index is 0.0465. The van der Waals surface area contributed by atoms with Gasteiger partial charge in [-0.05, 0) is 49.4 Å². The number of phenols is 1. The molecule has 2 saturated heterocycles. The molecule has 38 heavy (non-hydrogen) atoms. The lowest BCUT2D eigenvalue weighted by atomic mass is 9.81. The zero-order valence-corrected chi connectivity index (χ0v) is 21.8. The Morgan fingerprint density at radius 2 is 1.89 bits per heavy atom. The first-order valence-electron chi connectivity index (χ1n) is 12.9. The molecule has 6 rings (SSSR count). The molecule has 4 heterocycles. The lowest BCUT2D eigenvalue weighted by molar-refractivity contribution is -0.133. The third-order valence-corrected chi connectivity index (χ3v) is 8.37. The number of halogens is 1. The van der Waals surface area contributed by atoms with Crippen LogP contribution in [0, 0.1) is 5.82 Å². The predicted molar refractivity (Wildman–Crippen MR) is 140 cm³/mol. The lowest BCUT2D eigenvalue weighted by Crippen LogP contribution is -2.53. The highest BCUT2D eigenvalue weighted by atomic mass is 19.1. The molecule has 1 aromatic heterocycles. The number of rotatable bonds is 5. The Bertz CT molecular complexity index is 1430. The number of carbonyl (C=O) groups excluding carboxylic acids is 2.